The van der Waals surface area contributed by atoms with Crippen LogP contribution in [0.4, 0.5) is 0 Å². The number of nitrogens with zero attached hydrogens (tertiary/aromatic N) is 2. The Bertz CT molecular complexity index is 892. The predicted molar refractivity (Wildman–Crippen MR) is 110 cm³/mol. The molecule has 0 radical (unpaired) electrons. The summed E-state index contributed by atoms with van der Waals surface area (Å²) in [4.78, 5) is 28.9. The van der Waals surface area contributed by atoms with Crippen LogP contribution < -0.4 is 9.47 Å². The fourth-order valence-electron chi connectivity index (χ4n) is 4.41. The molecular formula is C23H26N2O4. The summed E-state index contributed by atoms with van der Waals surface area (Å²) in [5, 5.41) is 0. The van der Waals surface area contributed by atoms with Crippen LogP contribution in [0.5, 0.6) is 11.5 Å². The van der Waals surface area contributed by atoms with Crippen LogP contribution in [0.3, 0.4) is 0 Å². The number of carbonyl (C=O) groups is 2. The van der Waals surface area contributed by atoms with Gasteiger partial charge in [-0.2, -0.15) is 0 Å². The molecule has 1 saturated heterocycles. The van der Waals surface area contributed by atoms with E-state index in [1.165, 1.54) is 4.90 Å². The first-order valence-corrected chi connectivity index (χ1v) is 10.0. The van der Waals surface area contributed by atoms with Crippen LogP contribution in [0.2, 0.25) is 0 Å². The topological polar surface area (TPSA) is 59.1 Å². The Kier molecular flexibility index (Phi) is 5.53. The molecule has 0 saturated carbocycles. The molecule has 29 heavy (non-hydrogen) atoms. The monoisotopic (exact) mass is 394 g/mol. The number of rotatable bonds is 7. The van der Waals surface area contributed by atoms with E-state index in [0.29, 0.717) is 17.7 Å². The van der Waals surface area contributed by atoms with Gasteiger partial charge in [-0.25, -0.2) is 0 Å². The van der Waals surface area contributed by atoms with Gasteiger partial charge in [-0.3, -0.25) is 19.4 Å². The molecule has 2 aromatic rings. The van der Waals surface area contributed by atoms with E-state index in [4.69, 9.17) is 9.47 Å². The molecule has 6 nitrogen and oxygen atoms in total. The first kappa shape index (κ1) is 19.5. The maximum atomic E-state index is 12.5. The van der Waals surface area contributed by atoms with Gasteiger partial charge in [-0.05, 0) is 44.0 Å². The van der Waals surface area contributed by atoms with Gasteiger partial charge in [-0.15, -0.1) is 0 Å². The summed E-state index contributed by atoms with van der Waals surface area (Å²) in [5.41, 5.74) is 2.19. The van der Waals surface area contributed by atoms with Gasteiger partial charge in [0.15, 0.2) is 0 Å². The Morgan fingerprint density at radius 3 is 2.34 bits per heavy atom. The Morgan fingerprint density at radius 2 is 1.69 bits per heavy atom. The van der Waals surface area contributed by atoms with E-state index in [0.717, 1.165) is 49.4 Å². The Hall–Kier alpha value is -2.86. The molecular weight excluding hydrogens is 368 g/mol. The summed E-state index contributed by atoms with van der Waals surface area (Å²) in [6.07, 6.45) is 2.93. The zero-order chi connectivity index (χ0) is 20.4. The summed E-state index contributed by atoms with van der Waals surface area (Å²) < 4.78 is 10.9. The molecule has 4 rings (SSSR count). The summed E-state index contributed by atoms with van der Waals surface area (Å²) >= 11 is 0. The van der Waals surface area contributed by atoms with Crippen LogP contribution in [-0.4, -0.2) is 55.5 Å². The normalized spacial score (nSPS) is 19.0. The average molecular weight is 394 g/mol. The van der Waals surface area contributed by atoms with Gasteiger partial charge in [-0.1, -0.05) is 18.2 Å². The van der Waals surface area contributed by atoms with Gasteiger partial charge in [0.25, 0.3) is 11.8 Å². The molecule has 2 aliphatic rings. The van der Waals surface area contributed by atoms with Crippen LogP contribution in [-0.2, 0) is 0 Å². The molecule has 2 heterocycles. The van der Waals surface area contributed by atoms with E-state index in [1.807, 2.05) is 12.1 Å². The van der Waals surface area contributed by atoms with Crippen molar-refractivity contribution in [3.63, 3.8) is 0 Å². The highest BCUT2D eigenvalue weighted by Crippen LogP contribution is 2.38. The number of methoxy groups -OCH3 is 2. The van der Waals surface area contributed by atoms with Crippen molar-refractivity contribution >= 4 is 11.8 Å². The SMILES string of the molecule is COc1ccc([C@H]2CCCN2CCCN2C(=O)c3ccccc3C2=O)c(OC)c1. The minimum Gasteiger partial charge on any atom is -0.497 e. The number of fused-ring (bicyclic) bond motifs is 1. The number of hydrogen-bond acceptors (Lipinski definition) is 5. The lowest BCUT2D eigenvalue weighted by molar-refractivity contribution is 0.0646. The maximum Gasteiger partial charge on any atom is 0.261 e. The lowest BCUT2D eigenvalue weighted by Crippen LogP contribution is -2.33. The smallest absolute Gasteiger partial charge is 0.261 e. The molecule has 6 heteroatoms. The van der Waals surface area contributed by atoms with E-state index in [-0.39, 0.29) is 17.9 Å². The van der Waals surface area contributed by atoms with Crippen LogP contribution in [0.25, 0.3) is 0 Å². The number of hydrogen-bond donors (Lipinski definition) is 0. The van der Waals surface area contributed by atoms with Crippen LogP contribution in [0.15, 0.2) is 42.5 Å². The molecule has 0 bridgehead atoms. The summed E-state index contributed by atoms with van der Waals surface area (Å²) in [6.45, 7) is 2.27. The van der Waals surface area contributed by atoms with E-state index in [2.05, 4.69) is 11.0 Å². The number of benzene rings is 2. The number of carbonyl (C=O) groups excluding carboxylic acids is 2. The van der Waals surface area contributed by atoms with Gasteiger partial charge in [0, 0.05) is 30.8 Å². The van der Waals surface area contributed by atoms with Gasteiger partial charge < -0.3 is 9.47 Å². The van der Waals surface area contributed by atoms with E-state index in [1.54, 1.807) is 38.5 Å². The second-order valence-electron chi connectivity index (χ2n) is 7.46. The molecule has 0 aromatic heterocycles. The highest BCUT2D eigenvalue weighted by atomic mass is 16.5. The standard InChI is InChI=1S/C23H26N2O4/c1-28-16-10-11-19(21(15-16)29-2)20-9-5-12-24(20)13-6-14-25-22(26)17-7-3-4-8-18(17)23(25)27/h3-4,7-8,10-11,15,20H,5-6,9,12-14H2,1-2H3/t20-/m1/s1. The summed E-state index contributed by atoms with van der Waals surface area (Å²) in [7, 11) is 3.33. The van der Waals surface area contributed by atoms with Crippen molar-refractivity contribution in [1.82, 2.24) is 9.80 Å². The largest absolute Gasteiger partial charge is 0.497 e. The Labute approximate surface area is 171 Å². The second kappa shape index (κ2) is 8.25. The van der Waals surface area contributed by atoms with Gasteiger partial charge in [0.2, 0.25) is 0 Å². The van der Waals surface area contributed by atoms with Crippen molar-refractivity contribution < 1.29 is 19.1 Å². The third kappa shape index (κ3) is 3.60. The zero-order valence-corrected chi connectivity index (χ0v) is 16.9. The van der Waals surface area contributed by atoms with Crippen molar-refractivity contribution in [1.29, 1.82) is 0 Å². The van der Waals surface area contributed by atoms with E-state index in [9.17, 15) is 9.59 Å². The van der Waals surface area contributed by atoms with Gasteiger partial charge >= 0.3 is 0 Å². The van der Waals surface area contributed by atoms with Crippen LogP contribution >= 0.6 is 0 Å². The van der Waals surface area contributed by atoms with Crippen molar-refractivity contribution in [2.45, 2.75) is 25.3 Å². The fourth-order valence-corrected chi connectivity index (χ4v) is 4.41. The lowest BCUT2D eigenvalue weighted by Gasteiger charge is -2.27. The third-order valence-corrected chi connectivity index (χ3v) is 5.87. The third-order valence-electron chi connectivity index (χ3n) is 5.87. The van der Waals surface area contributed by atoms with Crippen molar-refractivity contribution in [2.75, 3.05) is 33.9 Å². The lowest BCUT2D eigenvalue weighted by atomic mass is 10.0. The predicted octanol–water partition coefficient (Wildman–Crippen LogP) is 3.53. The van der Waals surface area contributed by atoms with Crippen LogP contribution in [0, 0.1) is 0 Å². The number of likely N-dealkylation sites (tertiary alicyclic amines) is 1. The van der Waals surface area contributed by atoms with Crippen molar-refractivity contribution in [2.24, 2.45) is 0 Å². The molecule has 1 atom stereocenters. The number of ether oxygens (including phenoxy) is 2. The molecule has 2 amide bonds. The highest BCUT2D eigenvalue weighted by Gasteiger charge is 2.35. The number of amides is 2. The maximum absolute atomic E-state index is 12.5. The molecule has 0 N–H and O–H groups in total. The van der Waals surface area contributed by atoms with E-state index < -0.39 is 0 Å². The fraction of sp³-hybridized carbons (Fsp3) is 0.391. The Morgan fingerprint density at radius 1 is 0.966 bits per heavy atom. The molecule has 1 fully saturated rings. The quantitative estimate of drug-likeness (QED) is 0.673. The van der Waals surface area contributed by atoms with Crippen molar-refractivity contribution in [3.05, 3.63) is 59.2 Å². The van der Waals surface area contributed by atoms with Gasteiger partial charge in [0.1, 0.15) is 11.5 Å². The minimum absolute atomic E-state index is 0.180. The second-order valence-corrected chi connectivity index (χ2v) is 7.46. The van der Waals surface area contributed by atoms with Crippen molar-refractivity contribution in [3.8, 4) is 11.5 Å². The molecule has 2 aliphatic heterocycles. The van der Waals surface area contributed by atoms with E-state index >= 15 is 0 Å². The summed E-state index contributed by atoms with van der Waals surface area (Å²) in [5.74, 6) is 1.25. The Balaban J connectivity index is 1.40. The van der Waals surface area contributed by atoms with Crippen LogP contribution in [0.1, 0.15) is 51.6 Å². The first-order valence-electron chi connectivity index (χ1n) is 10.0. The molecule has 2 aromatic carbocycles. The molecule has 0 unspecified atom stereocenters. The summed E-state index contributed by atoms with van der Waals surface area (Å²) in [6, 6.07) is 13.3. The first-order chi connectivity index (χ1) is 14.1. The minimum atomic E-state index is -0.180. The van der Waals surface area contributed by atoms with Gasteiger partial charge in [0.05, 0.1) is 25.3 Å². The average Bonchev–Trinajstić information content (AvgIpc) is 3.32. The molecule has 0 aliphatic carbocycles. The number of imide groups is 1. The zero-order valence-electron chi connectivity index (χ0n) is 16.9. The molecule has 0 spiro atoms. The molecule has 152 valence electrons. The highest BCUT2D eigenvalue weighted by molar-refractivity contribution is 6.21.